The Morgan fingerprint density at radius 2 is 1.94 bits per heavy atom. The van der Waals surface area contributed by atoms with Crippen LogP contribution in [0.2, 0.25) is 0 Å². The van der Waals surface area contributed by atoms with Gasteiger partial charge in [0.15, 0.2) is 0 Å². The molecule has 0 radical (unpaired) electrons. The third kappa shape index (κ3) is 4.54. The molecule has 2 aliphatic rings. The van der Waals surface area contributed by atoms with E-state index in [-0.39, 0.29) is 35.7 Å². The summed E-state index contributed by atoms with van der Waals surface area (Å²) in [5.74, 6) is 0.0484. The van der Waals surface area contributed by atoms with Crippen LogP contribution in [0, 0.1) is 17.2 Å². The monoisotopic (exact) mass is 443 g/mol. The van der Waals surface area contributed by atoms with E-state index in [1.165, 1.54) is 6.07 Å². The van der Waals surface area contributed by atoms with Gasteiger partial charge in [-0.2, -0.15) is 18.4 Å². The highest BCUT2D eigenvalue weighted by atomic mass is 19.4. The quantitative estimate of drug-likeness (QED) is 0.774. The number of benzene rings is 2. The average molecular weight is 443 g/mol. The number of nitrogens with zero attached hydrogens (tertiary/aromatic N) is 2. The van der Waals surface area contributed by atoms with Gasteiger partial charge in [0.25, 0.3) is 5.91 Å². The Hall–Kier alpha value is -3.54. The first-order valence-corrected chi connectivity index (χ1v) is 10.2. The largest absolute Gasteiger partial charge is 0.492 e. The number of ether oxygens (including phenoxy) is 1. The summed E-state index contributed by atoms with van der Waals surface area (Å²) in [6, 6.07) is 9.83. The standard InChI is InChI=1S/C23H20F3N3O3/c24-23(25,26)18-3-4-20(17(9-18)12-27)32-13-14-5-7-29(8-6-14)22(31)16-2-1-15-11-21(30)28-19(15)10-16/h1-4,9-10,14H,5-8,11,13H2,(H,28,30). The summed E-state index contributed by atoms with van der Waals surface area (Å²) < 4.78 is 44.1. The number of hydrogen-bond acceptors (Lipinski definition) is 4. The molecule has 2 heterocycles. The summed E-state index contributed by atoms with van der Waals surface area (Å²) >= 11 is 0. The molecule has 0 unspecified atom stereocenters. The van der Waals surface area contributed by atoms with Gasteiger partial charge in [0.05, 0.1) is 24.2 Å². The second kappa shape index (κ2) is 8.54. The molecule has 0 spiro atoms. The van der Waals surface area contributed by atoms with Crippen molar-refractivity contribution in [2.45, 2.75) is 25.4 Å². The van der Waals surface area contributed by atoms with E-state index in [9.17, 15) is 22.8 Å². The van der Waals surface area contributed by atoms with E-state index in [1.807, 2.05) is 0 Å². The van der Waals surface area contributed by atoms with E-state index < -0.39 is 11.7 Å². The number of fused-ring (bicyclic) bond motifs is 1. The zero-order chi connectivity index (χ0) is 22.9. The first-order valence-electron chi connectivity index (χ1n) is 10.2. The van der Waals surface area contributed by atoms with Crippen LogP contribution in [0.25, 0.3) is 0 Å². The summed E-state index contributed by atoms with van der Waals surface area (Å²) in [7, 11) is 0. The lowest BCUT2D eigenvalue weighted by Crippen LogP contribution is -2.39. The molecule has 4 rings (SSSR count). The first kappa shape index (κ1) is 21.7. The molecule has 0 bridgehead atoms. The van der Waals surface area contributed by atoms with Crippen molar-refractivity contribution in [3.05, 3.63) is 58.7 Å². The zero-order valence-corrected chi connectivity index (χ0v) is 17.0. The van der Waals surface area contributed by atoms with Crippen LogP contribution in [0.3, 0.4) is 0 Å². The van der Waals surface area contributed by atoms with Gasteiger partial charge < -0.3 is 15.0 Å². The number of nitrogens with one attached hydrogen (secondary N) is 1. The molecule has 1 fully saturated rings. The summed E-state index contributed by atoms with van der Waals surface area (Å²) in [6.45, 7) is 1.30. The van der Waals surface area contributed by atoms with Crippen molar-refractivity contribution in [2.24, 2.45) is 5.92 Å². The Morgan fingerprint density at radius 1 is 1.19 bits per heavy atom. The van der Waals surface area contributed by atoms with E-state index in [2.05, 4.69) is 5.32 Å². The van der Waals surface area contributed by atoms with E-state index in [0.717, 1.165) is 17.7 Å². The van der Waals surface area contributed by atoms with Gasteiger partial charge in [0.2, 0.25) is 5.91 Å². The molecule has 2 amide bonds. The van der Waals surface area contributed by atoms with Crippen molar-refractivity contribution in [3.63, 3.8) is 0 Å². The number of piperidine rings is 1. The Kier molecular flexibility index (Phi) is 5.78. The predicted molar refractivity (Wildman–Crippen MR) is 109 cm³/mol. The molecule has 2 aliphatic heterocycles. The van der Waals surface area contributed by atoms with Gasteiger partial charge >= 0.3 is 6.18 Å². The van der Waals surface area contributed by atoms with Crippen molar-refractivity contribution in [1.82, 2.24) is 4.90 Å². The van der Waals surface area contributed by atoms with Crippen molar-refractivity contribution < 1.29 is 27.5 Å². The molecule has 2 aromatic rings. The van der Waals surface area contributed by atoms with Crippen LogP contribution in [0.15, 0.2) is 36.4 Å². The van der Waals surface area contributed by atoms with Crippen LogP contribution in [-0.2, 0) is 17.4 Å². The van der Waals surface area contributed by atoms with Crippen molar-refractivity contribution >= 4 is 17.5 Å². The second-order valence-electron chi connectivity index (χ2n) is 7.96. The van der Waals surface area contributed by atoms with Crippen LogP contribution in [0.5, 0.6) is 5.75 Å². The second-order valence-corrected chi connectivity index (χ2v) is 7.96. The molecule has 1 saturated heterocycles. The molecule has 0 atom stereocenters. The van der Waals surface area contributed by atoms with Gasteiger partial charge in [0.1, 0.15) is 11.8 Å². The third-order valence-electron chi connectivity index (χ3n) is 5.79. The van der Waals surface area contributed by atoms with Crippen LogP contribution in [-0.4, -0.2) is 36.4 Å². The van der Waals surface area contributed by atoms with Crippen LogP contribution < -0.4 is 10.1 Å². The molecule has 1 N–H and O–H groups in total. The van der Waals surface area contributed by atoms with Gasteiger partial charge in [-0.1, -0.05) is 6.07 Å². The van der Waals surface area contributed by atoms with Crippen molar-refractivity contribution in [1.29, 1.82) is 5.26 Å². The molecular formula is C23H20F3N3O3. The number of nitriles is 1. The number of carbonyl (C=O) groups excluding carboxylic acids is 2. The number of rotatable bonds is 4. The molecule has 0 aliphatic carbocycles. The minimum absolute atomic E-state index is 0.0852. The minimum atomic E-state index is -4.52. The maximum atomic E-state index is 12.8. The fourth-order valence-electron chi connectivity index (χ4n) is 3.96. The molecule has 9 heteroatoms. The van der Waals surface area contributed by atoms with E-state index >= 15 is 0 Å². The smallest absolute Gasteiger partial charge is 0.416 e. The van der Waals surface area contributed by atoms with E-state index in [1.54, 1.807) is 29.2 Å². The third-order valence-corrected chi connectivity index (χ3v) is 5.79. The van der Waals surface area contributed by atoms with Gasteiger partial charge in [-0.25, -0.2) is 0 Å². The summed E-state index contributed by atoms with van der Waals surface area (Å²) in [5, 5.41) is 11.9. The number of amides is 2. The van der Waals surface area contributed by atoms with Crippen LogP contribution in [0.1, 0.15) is 39.9 Å². The van der Waals surface area contributed by atoms with Crippen molar-refractivity contribution in [3.8, 4) is 11.8 Å². The fraction of sp³-hybridized carbons (Fsp3) is 0.348. The van der Waals surface area contributed by atoms with Crippen molar-refractivity contribution in [2.75, 3.05) is 25.0 Å². The van der Waals surface area contributed by atoms with E-state index in [0.29, 0.717) is 43.6 Å². The number of alkyl halides is 3. The molecule has 0 aromatic heterocycles. The lowest BCUT2D eigenvalue weighted by molar-refractivity contribution is -0.137. The van der Waals surface area contributed by atoms with Gasteiger partial charge in [0, 0.05) is 24.3 Å². The lowest BCUT2D eigenvalue weighted by atomic mass is 9.97. The number of carbonyl (C=O) groups is 2. The zero-order valence-electron chi connectivity index (χ0n) is 17.0. The molecule has 32 heavy (non-hydrogen) atoms. The molecule has 2 aromatic carbocycles. The number of halogens is 3. The maximum Gasteiger partial charge on any atom is 0.416 e. The normalized spacial score (nSPS) is 16.3. The maximum absolute atomic E-state index is 12.8. The Morgan fingerprint density at radius 3 is 2.62 bits per heavy atom. The Bertz CT molecular complexity index is 1100. The molecular weight excluding hydrogens is 423 g/mol. The Balaban J connectivity index is 1.32. The van der Waals surface area contributed by atoms with E-state index in [4.69, 9.17) is 10.00 Å². The summed E-state index contributed by atoms with van der Waals surface area (Å²) in [6.07, 6.45) is -2.85. The topological polar surface area (TPSA) is 82.4 Å². The highest BCUT2D eigenvalue weighted by Crippen LogP contribution is 2.33. The Labute approximate surface area is 182 Å². The number of anilines is 1. The van der Waals surface area contributed by atoms with Gasteiger partial charge in [-0.3, -0.25) is 9.59 Å². The number of likely N-dealkylation sites (tertiary alicyclic amines) is 1. The van der Waals surface area contributed by atoms with Gasteiger partial charge in [-0.05, 0) is 54.7 Å². The molecule has 6 nitrogen and oxygen atoms in total. The minimum Gasteiger partial charge on any atom is -0.492 e. The molecule has 166 valence electrons. The summed E-state index contributed by atoms with van der Waals surface area (Å²) in [4.78, 5) is 26.1. The average Bonchev–Trinajstić information content (AvgIpc) is 3.16. The predicted octanol–water partition coefficient (Wildman–Crippen LogP) is 4.00. The molecule has 0 saturated carbocycles. The SMILES string of the molecule is N#Cc1cc(C(F)(F)F)ccc1OCC1CCN(C(=O)c2ccc3c(c2)NC(=O)C3)CC1. The van der Waals surface area contributed by atoms with Gasteiger partial charge in [-0.15, -0.1) is 0 Å². The summed E-state index contributed by atoms with van der Waals surface area (Å²) in [5.41, 5.74) is 1.02. The highest BCUT2D eigenvalue weighted by molar-refractivity contribution is 6.02. The van der Waals surface area contributed by atoms with Crippen LogP contribution in [0.4, 0.5) is 18.9 Å². The number of hydrogen-bond donors (Lipinski definition) is 1. The van der Waals surface area contributed by atoms with Crippen LogP contribution >= 0.6 is 0 Å². The fourth-order valence-corrected chi connectivity index (χ4v) is 3.96. The lowest BCUT2D eigenvalue weighted by Gasteiger charge is -2.32. The first-order chi connectivity index (χ1) is 15.2. The highest BCUT2D eigenvalue weighted by Gasteiger charge is 2.31.